The van der Waals surface area contributed by atoms with Gasteiger partial charge in [-0.25, -0.2) is 0 Å². The molecule has 2 atom stereocenters. The third kappa shape index (κ3) is 1.74. The first-order chi connectivity index (χ1) is 9.83. The smallest absolute Gasteiger partial charge is 0.134 e. The summed E-state index contributed by atoms with van der Waals surface area (Å²) in [6.45, 7) is 0. The van der Waals surface area contributed by atoms with Crippen molar-refractivity contribution in [2.45, 2.75) is 24.9 Å². The lowest BCUT2D eigenvalue weighted by Gasteiger charge is -2.15. The van der Waals surface area contributed by atoms with Crippen LogP contribution in [0.5, 0.6) is 0 Å². The van der Waals surface area contributed by atoms with Gasteiger partial charge in [0.05, 0.1) is 0 Å². The highest BCUT2D eigenvalue weighted by Gasteiger charge is 2.32. The largest absolute Gasteiger partial charge is 0.458 e. The SMILES string of the molecule is OC(c1cc2ccccc2o1)C1CCc2cccnc21. The molecule has 1 aliphatic carbocycles. The summed E-state index contributed by atoms with van der Waals surface area (Å²) in [5.74, 6) is 0.668. The summed E-state index contributed by atoms with van der Waals surface area (Å²) in [5.41, 5.74) is 3.08. The first-order valence-corrected chi connectivity index (χ1v) is 6.93. The molecule has 0 saturated carbocycles. The molecule has 0 fully saturated rings. The van der Waals surface area contributed by atoms with Crippen LogP contribution in [0.1, 0.15) is 35.5 Å². The van der Waals surface area contributed by atoms with Gasteiger partial charge in [0.25, 0.3) is 0 Å². The molecule has 0 radical (unpaired) electrons. The second-order valence-electron chi connectivity index (χ2n) is 5.32. The third-order valence-electron chi connectivity index (χ3n) is 4.12. The molecule has 3 nitrogen and oxygen atoms in total. The van der Waals surface area contributed by atoms with Crippen molar-refractivity contribution >= 4 is 11.0 Å². The van der Waals surface area contributed by atoms with E-state index in [4.69, 9.17) is 4.42 Å². The summed E-state index contributed by atoms with van der Waals surface area (Å²) < 4.78 is 5.78. The molecule has 1 aromatic carbocycles. The number of benzene rings is 1. The summed E-state index contributed by atoms with van der Waals surface area (Å²) in [7, 11) is 0. The van der Waals surface area contributed by atoms with Crippen molar-refractivity contribution in [3.63, 3.8) is 0 Å². The van der Waals surface area contributed by atoms with E-state index in [9.17, 15) is 5.11 Å². The Labute approximate surface area is 116 Å². The Kier molecular flexibility index (Phi) is 2.60. The molecule has 0 amide bonds. The van der Waals surface area contributed by atoms with E-state index in [1.165, 1.54) is 5.56 Å². The fourth-order valence-electron chi connectivity index (χ4n) is 3.10. The number of furan rings is 1. The maximum atomic E-state index is 10.6. The van der Waals surface area contributed by atoms with Gasteiger partial charge in [-0.3, -0.25) is 4.98 Å². The number of aliphatic hydroxyl groups excluding tert-OH is 1. The van der Waals surface area contributed by atoms with Crippen molar-refractivity contribution in [1.82, 2.24) is 4.98 Å². The minimum absolute atomic E-state index is 0.0340. The van der Waals surface area contributed by atoms with E-state index in [1.807, 2.05) is 36.4 Å². The van der Waals surface area contributed by atoms with Crippen LogP contribution in [0.3, 0.4) is 0 Å². The minimum Gasteiger partial charge on any atom is -0.458 e. The molecule has 0 bridgehead atoms. The quantitative estimate of drug-likeness (QED) is 0.770. The molecule has 100 valence electrons. The van der Waals surface area contributed by atoms with Crippen LogP contribution in [0.15, 0.2) is 53.1 Å². The Bertz CT molecular complexity index is 729. The highest BCUT2D eigenvalue weighted by atomic mass is 16.4. The maximum absolute atomic E-state index is 10.6. The summed E-state index contributed by atoms with van der Waals surface area (Å²) in [6, 6.07) is 13.8. The number of fused-ring (bicyclic) bond motifs is 2. The van der Waals surface area contributed by atoms with E-state index >= 15 is 0 Å². The molecular formula is C17H15NO2. The molecule has 3 aromatic rings. The van der Waals surface area contributed by atoms with E-state index in [2.05, 4.69) is 11.1 Å². The van der Waals surface area contributed by atoms with Crippen LogP contribution < -0.4 is 0 Å². The van der Waals surface area contributed by atoms with Crippen LogP contribution in [0.2, 0.25) is 0 Å². The van der Waals surface area contributed by atoms with Crippen LogP contribution in [0, 0.1) is 0 Å². The van der Waals surface area contributed by atoms with Gasteiger partial charge in [0, 0.05) is 23.2 Å². The van der Waals surface area contributed by atoms with Crippen molar-refractivity contribution < 1.29 is 9.52 Å². The van der Waals surface area contributed by atoms with Crippen LogP contribution in [-0.2, 0) is 6.42 Å². The number of rotatable bonds is 2. The van der Waals surface area contributed by atoms with Gasteiger partial charge in [0.1, 0.15) is 17.4 Å². The maximum Gasteiger partial charge on any atom is 0.134 e. The summed E-state index contributed by atoms with van der Waals surface area (Å²) >= 11 is 0. The number of hydrogen-bond acceptors (Lipinski definition) is 3. The standard InChI is InChI=1S/C17H15NO2/c19-17(13-8-7-11-5-3-9-18-16(11)13)15-10-12-4-1-2-6-14(12)20-15/h1-6,9-10,13,17,19H,7-8H2. The topological polar surface area (TPSA) is 46.3 Å². The van der Waals surface area contributed by atoms with Gasteiger partial charge in [-0.1, -0.05) is 24.3 Å². The summed E-state index contributed by atoms with van der Waals surface area (Å²) in [5, 5.41) is 11.7. The molecule has 1 N–H and O–H groups in total. The third-order valence-corrected chi connectivity index (χ3v) is 4.12. The van der Waals surface area contributed by atoms with Crippen LogP contribution in [0.25, 0.3) is 11.0 Å². The average Bonchev–Trinajstić information content (AvgIpc) is 3.10. The Morgan fingerprint density at radius 3 is 3.00 bits per heavy atom. The highest BCUT2D eigenvalue weighted by Crippen LogP contribution is 2.41. The predicted octanol–water partition coefficient (Wildman–Crippen LogP) is 3.59. The molecule has 3 heteroatoms. The number of nitrogens with zero attached hydrogens (tertiary/aromatic N) is 1. The van der Waals surface area contributed by atoms with Gasteiger partial charge in [-0.15, -0.1) is 0 Å². The van der Waals surface area contributed by atoms with E-state index < -0.39 is 6.10 Å². The van der Waals surface area contributed by atoms with E-state index in [0.29, 0.717) is 5.76 Å². The minimum atomic E-state index is -0.626. The number of pyridine rings is 1. The normalized spacial score (nSPS) is 19.1. The number of aryl methyl sites for hydroxylation is 1. The van der Waals surface area contributed by atoms with Crippen molar-refractivity contribution in [3.8, 4) is 0 Å². The van der Waals surface area contributed by atoms with Gasteiger partial charge < -0.3 is 9.52 Å². The molecular weight excluding hydrogens is 250 g/mol. The Balaban J connectivity index is 1.72. The van der Waals surface area contributed by atoms with Crippen molar-refractivity contribution in [2.75, 3.05) is 0 Å². The van der Waals surface area contributed by atoms with E-state index in [0.717, 1.165) is 29.5 Å². The van der Waals surface area contributed by atoms with Crippen molar-refractivity contribution in [3.05, 3.63) is 65.7 Å². The molecule has 2 unspecified atom stereocenters. The molecule has 0 spiro atoms. The Morgan fingerprint density at radius 2 is 2.10 bits per heavy atom. The molecule has 2 heterocycles. The summed E-state index contributed by atoms with van der Waals surface area (Å²) in [6.07, 6.45) is 3.07. The zero-order valence-corrected chi connectivity index (χ0v) is 11.0. The van der Waals surface area contributed by atoms with Crippen molar-refractivity contribution in [2.24, 2.45) is 0 Å². The number of hydrogen-bond donors (Lipinski definition) is 1. The highest BCUT2D eigenvalue weighted by molar-refractivity contribution is 5.77. The lowest BCUT2D eigenvalue weighted by Crippen LogP contribution is -2.08. The van der Waals surface area contributed by atoms with Gasteiger partial charge in [-0.05, 0) is 36.6 Å². The zero-order chi connectivity index (χ0) is 13.5. The lowest BCUT2D eigenvalue weighted by molar-refractivity contribution is 0.120. The monoisotopic (exact) mass is 265 g/mol. The van der Waals surface area contributed by atoms with E-state index in [-0.39, 0.29) is 5.92 Å². The average molecular weight is 265 g/mol. The number of para-hydroxylation sites is 1. The molecule has 4 rings (SSSR count). The molecule has 0 aliphatic heterocycles. The van der Waals surface area contributed by atoms with Gasteiger partial charge in [0.2, 0.25) is 0 Å². The molecule has 0 saturated heterocycles. The lowest BCUT2D eigenvalue weighted by atomic mass is 9.97. The van der Waals surface area contributed by atoms with Crippen molar-refractivity contribution in [1.29, 1.82) is 0 Å². The number of aromatic nitrogens is 1. The molecule has 2 aromatic heterocycles. The number of aliphatic hydroxyl groups is 1. The first kappa shape index (κ1) is 11.7. The fraction of sp³-hybridized carbons (Fsp3) is 0.235. The second kappa shape index (κ2) is 4.46. The van der Waals surface area contributed by atoms with Crippen LogP contribution in [0.4, 0.5) is 0 Å². The summed E-state index contributed by atoms with van der Waals surface area (Å²) in [4.78, 5) is 4.44. The molecule has 20 heavy (non-hydrogen) atoms. The van der Waals surface area contributed by atoms with Gasteiger partial charge in [-0.2, -0.15) is 0 Å². The second-order valence-corrected chi connectivity index (χ2v) is 5.32. The predicted molar refractivity (Wildman–Crippen MR) is 76.5 cm³/mol. The van der Waals surface area contributed by atoms with Crippen LogP contribution in [-0.4, -0.2) is 10.1 Å². The fourth-order valence-corrected chi connectivity index (χ4v) is 3.10. The first-order valence-electron chi connectivity index (χ1n) is 6.93. The van der Waals surface area contributed by atoms with Crippen LogP contribution >= 0.6 is 0 Å². The van der Waals surface area contributed by atoms with Gasteiger partial charge in [0.15, 0.2) is 0 Å². The van der Waals surface area contributed by atoms with E-state index in [1.54, 1.807) is 6.20 Å². The Hall–Kier alpha value is -2.13. The molecule has 1 aliphatic rings. The Morgan fingerprint density at radius 1 is 1.20 bits per heavy atom. The van der Waals surface area contributed by atoms with Gasteiger partial charge >= 0.3 is 0 Å². The zero-order valence-electron chi connectivity index (χ0n) is 11.0.